The summed E-state index contributed by atoms with van der Waals surface area (Å²) >= 11 is 0. The molecule has 0 spiro atoms. The summed E-state index contributed by atoms with van der Waals surface area (Å²) in [6.07, 6.45) is -4.00. The minimum absolute atomic E-state index is 0.188. The first-order chi connectivity index (χ1) is 8.50. The van der Waals surface area contributed by atoms with Gasteiger partial charge >= 0.3 is 6.18 Å². The number of carbonyl (C=O) groups excluding carboxylic acids is 1. The summed E-state index contributed by atoms with van der Waals surface area (Å²) in [7, 11) is 0. The molecule has 1 aromatic carbocycles. The zero-order valence-corrected chi connectivity index (χ0v) is 8.92. The number of benzene rings is 1. The zero-order chi connectivity index (χ0) is 15.4. The second kappa shape index (κ2) is 6.34. The van der Waals surface area contributed by atoms with E-state index in [1.807, 2.05) is 0 Å². The lowest BCUT2D eigenvalue weighted by atomic mass is 10.3. The Morgan fingerprint density at radius 3 is 1.37 bits per heavy atom. The van der Waals surface area contributed by atoms with Crippen LogP contribution in [0, 0.1) is 29.1 Å². The lowest BCUT2D eigenvalue weighted by Crippen LogP contribution is -2.05. The fourth-order valence-electron chi connectivity index (χ4n) is 0.736. The van der Waals surface area contributed by atoms with Crippen LogP contribution in [0.15, 0.2) is 0 Å². The van der Waals surface area contributed by atoms with Crippen LogP contribution >= 0.6 is 0 Å². The molecule has 1 rings (SSSR count). The van der Waals surface area contributed by atoms with Gasteiger partial charge in [-0.25, -0.2) is 13.2 Å². The Morgan fingerprint density at radius 1 is 0.842 bits per heavy atom. The van der Waals surface area contributed by atoms with E-state index < -0.39 is 47.5 Å². The third-order valence-electron chi connectivity index (χ3n) is 1.34. The Kier molecular flexibility index (Phi) is 5.72. The maximum atomic E-state index is 12.6. The highest BCUT2D eigenvalue weighted by Gasteiger charge is 2.26. The predicted octanol–water partition coefficient (Wildman–Crippen LogP) is 3.49. The fraction of sp³-hybridized carbons (Fsp3) is 0.222. The molecule has 0 amide bonds. The van der Waals surface area contributed by atoms with Crippen molar-refractivity contribution >= 4 is 6.47 Å². The fourth-order valence-corrected chi connectivity index (χ4v) is 0.736. The predicted molar refractivity (Wildman–Crippen MR) is 44.7 cm³/mol. The molecule has 0 N–H and O–H groups in total. The van der Waals surface area contributed by atoms with Crippen LogP contribution in [-0.2, 0) is 4.79 Å². The van der Waals surface area contributed by atoms with E-state index >= 15 is 0 Å². The maximum absolute atomic E-state index is 12.6. The molecule has 0 radical (unpaired) electrons. The van der Waals surface area contributed by atoms with Gasteiger partial charge in [-0.1, -0.05) is 0 Å². The van der Waals surface area contributed by atoms with E-state index in [0.29, 0.717) is 0 Å². The van der Waals surface area contributed by atoms with Crippen LogP contribution in [0.3, 0.4) is 0 Å². The standard InChI is InChI=1S/C7HF5O2.C2H3F3/c8-2-3(9)5(11)7(14-1-13)6(12)4(2)10;1-2(3,4)5/h1H;1H3. The number of hydrogen-bond acceptors (Lipinski definition) is 2. The number of hydrogen-bond donors (Lipinski definition) is 0. The summed E-state index contributed by atoms with van der Waals surface area (Å²) in [6, 6.07) is 0. The SMILES string of the molecule is CC(F)(F)F.O=COc1c(F)c(F)c(F)c(F)c1F. The van der Waals surface area contributed by atoms with Crippen molar-refractivity contribution in [2.24, 2.45) is 0 Å². The lowest BCUT2D eigenvalue weighted by molar-refractivity contribution is -0.121. The van der Waals surface area contributed by atoms with Crippen LogP contribution in [0.4, 0.5) is 35.1 Å². The molecule has 0 aliphatic rings. The number of alkyl halides is 3. The molecule has 0 heterocycles. The molecule has 0 saturated heterocycles. The van der Waals surface area contributed by atoms with Gasteiger partial charge in [-0.05, 0) is 0 Å². The summed E-state index contributed by atoms with van der Waals surface area (Å²) in [5, 5.41) is 0. The molecule has 0 fully saturated rings. The second-order valence-corrected chi connectivity index (χ2v) is 2.89. The lowest BCUT2D eigenvalue weighted by Gasteiger charge is -2.04. The highest BCUT2D eigenvalue weighted by molar-refractivity contribution is 5.46. The van der Waals surface area contributed by atoms with E-state index in [-0.39, 0.29) is 6.92 Å². The van der Waals surface area contributed by atoms with Crippen molar-refractivity contribution in [3.8, 4) is 5.75 Å². The van der Waals surface area contributed by atoms with E-state index in [0.717, 1.165) is 0 Å². The van der Waals surface area contributed by atoms with E-state index in [4.69, 9.17) is 0 Å². The molecule has 10 heteroatoms. The molecule has 0 atom stereocenters. The van der Waals surface area contributed by atoms with Crippen molar-refractivity contribution in [1.82, 2.24) is 0 Å². The van der Waals surface area contributed by atoms with Gasteiger partial charge in [-0.3, -0.25) is 4.79 Å². The Hall–Kier alpha value is -1.87. The third-order valence-corrected chi connectivity index (χ3v) is 1.34. The number of halogens is 8. The number of rotatable bonds is 2. The molecule has 0 aliphatic carbocycles. The molecular formula is C9H4F8O2. The van der Waals surface area contributed by atoms with Crippen LogP contribution < -0.4 is 4.74 Å². The summed E-state index contributed by atoms with van der Waals surface area (Å²) in [6.45, 7) is -0.259. The van der Waals surface area contributed by atoms with E-state index in [1.54, 1.807) is 0 Å². The smallest absolute Gasteiger partial charge is 0.386 e. The van der Waals surface area contributed by atoms with Gasteiger partial charge < -0.3 is 4.74 Å². The van der Waals surface area contributed by atoms with Gasteiger partial charge in [0.05, 0.1) is 0 Å². The highest BCUT2D eigenvalue weighted by Crippen LogP contribution is 2.28. The quantitative estimate of drug-likeness (QED) is 0.361. The van der Waals surface area contributed by atoms with Crippen LogP contribution in [0.5, 0.6) is 5.75 Å². The Morgan fingerprint density at radius 2 is 1.11 bits per heavy atom. The van der Waals surface area contributed by atoms with Gasteiger partial charge in [-0.15, -0.1) is 0 Å². The van der Waals surface area contributed by atoms with Crippen molar-refractivity contribution in [1.29, 1.82) is 0 Å². The van der Waals surface area contributed by atoms with Crippen LogP contribution in [0.25, 0.3) is 0 Å². The summed E-state index contributed by atoms with van der Waals surface area (Å²) in [5.74, 6) is -12.6. The normalized spacial score (nSPS) is 10.6. The Labute approximate surface area is 100 Å². The molecule has 0 saturated carbocycles. The second-order valence-electron chi connectivity index (χ2n) is 2.89. The van der Waals surface area contributed by atoms with Gasteiger partial charge in [0.25, 0.3) is 6.47 Å². The van der Waals surface area contributed by atoms with E-state index in [9.17, 15) is 39.9 Å². The molecule has 0 aliphatic heterocycles. The molecule has 0 aromatic heterocycles. The van der Waals surface area contributed by atoms with Crippen LogP contribution in [0.2, 0.25) is 0 Å². The topological polar surface area (TPSA) is 26.3 Å². The molecule has 108 valence electrons. The largest absolute Gasteiger partial charge is 0.422 e. The monoisotopic (exact) mass is 296 g/mol. The minimum atomic E-state index is -4.00. The molecular weight excluding hydrogens is 292 g/mol. The minimum Gasteiger partial charge on any atom is -0.422 e. The van der Waals surface area contributed by atoms with Crippen molar-refractivity contribution in [2.75, 3.05) is 0 Å². The first-order valence-electron chi connectivity index (χ1n) is 4.19. The molecule has 0 bridgehead atoms. The maximum Gasteiger partial charge on any atom is 0.386 e. The molecule has 2 nitrogen and oxygen atoms in total. The number of ether oxygens (including phenoxy) is 1. The zero-order valence-electron chi connectivity index (χ0n) is 8.92. The first kappa shape index (κ1) is 17.1. The Balaban J connectivity index is 0.000000555. The summed E-state index contributed by atoms with van der Waals surface area (Å²) in [5.41, 5.74) is 0. The van der Waals surface area contributed by atoms with Gasteiger partial charge in [0, 0.05) is 6.92 Å². The average Bonchev–Trinajstić information content (AvgIpc) is 2.27. The van der Waals surface area contributed by atoms with Crippen LogP contribution in [-0.4, -0.2) is 12.6 Å². The molecule has 1 aromatic rings. The van der Waals surface area contributed by atoms with Crippen molar-refractivity contribution in [3.05, 3.63) is 29.1 Å². The molecule has 19 heavy (non-hydrogen) atoms. The molecule has 0 unspecified atom stereocenters. The van der Waals surface area contributed by atoms with E-state index in [1.165, 1.54) is 0 Å². The summed E-state index contributed by atoms with van der Waals surface area (Å²) < 4.78 is 96.9. The van der Waals surface area contributed by atoms with Gasteiger partial charge in [-0.2, -0.15) is 22.0 Å². The average molecular weight is 296 g/mol. The highest BCUT2D eigenvalue weighted by atomic mass is 19.4. The number of carbonyl (C=O) groups is 1. The van der Waals surface area contributed by atoms with Gasteiger partial charge in [0.1, 0.15) is 0 Å². The van der Waals surface area contributed by atoms with Gasteiger partial charge in [0.15, 0.2) is 0 Å². The van der Waals surface area contributed by atoms with E-state index in [2.05, 4.69) is 4.74 Å². The van der Waals surface area contributed by atoms with Crippen molar-refractivity contribution < 1.29 is 44.7 Å². The van der Waals surface area contributed by atoms with Crippen molar-refractivity contribution in [3.63, 3.8) is 0 Å². The summed E-state index contributed by atoms with van der Waals surface area (Å²) in [4.78, 5) is 9.69. The van der Waals surface area contributed by atoms with Gasteiger partial charge in [0.2, 0.25) is 34.8 Å². The first-order valence-corrected chi connectivity index (χ1v) is 4.19. The van der Waals surface area contributed by atoms with Crippen molar-refractivity contribution in [2.45, 2.75) is 13.1 Å². The Bertz CT molecular complexity index is 433. The third kappa shape index (κ3) is 5.10. The van der Waals surface area contributed by atoms with Crippen LogP contribution in [0.1, 0.15) is 6.92 Å².